The van der Waals surface area contributed by atoms with Gasteiger partial charge in [0, 0.05) is 4.91 Å². The molecule has 1 saturated heterocycles. The van der Waals surface area contributed by atoms with E-state index in [1.165, 1.54) is 4.90 Å². The molecule has 3 nitrogen and oxygen atoms in total. The van der Waals surface area contributed by atoms with Crippen LogP contribution >= 0.6 is 24.0 Å². The van der Waals surface area contributed by atoms with Crippen LogP contribution in [0.3, 0.4) is 0 Å². The Morgan fingerprint density at radius 1 is 1.77 bits per heavy atom. The monoisotopic (exact) mass is 239 g/mol. The summed E-state index contributed by atoms with van der Waals surface area (Å²) in [5.74, 6) is 0.0116. The Morgan fingerprint density at radius 3 is 2.77 bits per heavy atom. The van der Waals surface area contributed by atoms with Crippen molar-refractivity contribution in [2.75, 3.05) is 0 Å². The average Bonchev–Trinajstić information content (AvgIpc) is 2.22. The second-order valence-corrected chi connectivity index (χ2v) is 4.50. The minimum absolute atomic E-state index is 0. The van der Waals surface area contributed by atoms with Gasteiger partial charge < -0.3 is 5.11 Å². The Bertz CT molecular complexity index is 316. The van der Waals surface area contributed by atoms with E-state index in [-0.39, 0.29) is 62.7 Å². The molecule has 64 valence electrons. The number of β-lactam (4-membered cyclic amide) rings is 1. The molecule has 0 spiro atoms. The molecule has 0 bridgehead atoms. The SMILES string of the molecule is CC1=C(C([O-])=S)N2C(=O)C[C@H]2S1.[K+]. The molecule has 2 rings (SSSR count). The zero-order chi connectivity index (χ0) is 8.88. The molecule has 1 atom stereocenters. The molecule has 0 aliphatic carbocycles. The normalized spacial score (nSPS) is 25.2. The van der Waals surface area contributed by atoms with Crippen molar-refractivity contribution in [2.45, 2.75) is 18.7 Å². The first-order chi connectivity index (χ1) is 5.61. The van der Waals surface area contributed by atoms with Crippen LogP contribution in [0.25, 0.3) is 0 Å². The van der Waals surface area contributed by atoms with Crippen LogP contribution in [0, 0.1) is 0 Å². The zero-order valence-electron chi connectivity index (χ0n) is 7.36. The molecule has 6 heteroatoms. The van der Waals surface area contributed by atoms with E-state index in [9.17, 15) is 9.90 Å². The van der Waals surface area contributed by atoms with Gasteiger partial charge in [0.15, 0.2) is 0 Å². The molecule has 2 aliphatic rings. The number of carbonyl (C=O) groups is 1. The van der Waals surface area contributed by atoms with E-state index >= 15 is 0 Å². The van der Waals surface area contributed by atoms with Crippen molar-refractivity contribution >= 4 is 34.9 Å². The van der Waals surface area contributed by atoms with Crippen molar-refractivity contribution in [3.63, 3.8) is 0 Å². The van der Waals surface area contributed by atoms with E-state index in [1.54, 1.807) is 11.8 Å². The van der Waals surface area contributed by atoms with Gasteiger partial charge in [-0.2, -0.15) is 0 Å². The molecule has 1 amide bonds. The van der Waals surface area contributed by atoms with Gasteiger partial charge in [0.05, 0.1) is 17.5 Å². The minimum atomic E-state index is -0.421. The van der Waals surface area contributed by atoms with Gasteiger partial charge in [-0.15, -0.1) is 11.8 Å². The van der Waals surface area contributed by atoms with E-state index in [4.69, 9.17) is 0 Å². The number of thioether (sulfide) groups is 1. The fraction of sp³-hybridized carbons (Fsp3) is 0.429. The molecule has 0 N–H and O–H groups in total. The van der Waals surface area contributed by atoms with Crippen molar-refractivity contribution in [2.24, 2.45) is 0 Å². The van der Waals surface area contributed by atoms with Crippen LogP contribution in [0.4, 0.5) is 0 Å². The zero-order valence-corrected chi connectivity index (χ0v) is 12.1. The average molecular weight is 239 g/mol. The van der Waals surface area contributed by atoms with Crippen LogP contribution in [0.15, 0.2) is 10.6 Å². The maximum atomic E-state index is 11.1. The van der Waals surface area contributed by atoms with Crippen molar-refractivity contribution < 1.29 is 61.3 Å². The summed E-state index contributed by atoms with van der Waals surface area (Å²) >= 11 is 6.08. The van der Waals surface area contributed by atoms with Crippen LogP contribution < -0.4 is 56.5 Å². The largest absolute Gasteiger partial charge is 1.00 e. The summed E-state index contributed by atoms with van der Waals surface area (Å²) in [6.07, 6.45) is 0.536. The van der Waals surface area contributed by atoms with Gasteiger partial charge in [0.25, 0.3) is 0 Å². The van der Waals surface area contributed by atoms with Gasteiger partial charge in [-0.25, -0.2) is 0 Å². The van der Waals surface area contributed by atoms with E-state index in [0.717, 1.165) is 4.91 Å². The number of allylic oxidation sites excluding steroid dienone is 1. The van der Waals surface area contributed by atoms with Crippen LogP contribution in [0.1, 0.15) is 13.3 Å². The Kier molecular flexibility index (Phi) is 4.02. The second-order valence-electron chi connectivity index (χ2n) is 2.73. The number of fused-ring (bicyclic) bond motifs is 1. The van der Waals surface area contributed by atoms with Crippen molar-refractivity contribution in [3.8, 4) is 0 Å². The third-order valence-corrected chi connectivity index (χ3v) is 3.38. The molecule has 0 unspecified atom stereocenters. The summed E-state index contributed by atoms with van der Waals surface area (Å²) in [6, 6.07) is 0. The topological polar surface area (TPSA) is 43.4 Å². The molecule has 0 aromatic carbocycles. The van der Waals surface area contributed by atoms with E-state index in [2.05, 4.69) is 12.2 Å². The number of rotatable bonds is 1. The first-order valence-electron chi connectivity index (χ1n) is 3.52. The molecule has 1 fully saturated rings. The van der Waals surface area contributed by atoms with Crippen LogP contribution in [0.2, 0.25) is 0 Å². The van der Waals surface area contributed by atoms with Crippen LogP contribution in [-0.2, 0) is 4.79 Å². The summed E-state index contributed by atoms with van der Waals surface area (Å²) in [7, 11) is 0. The fourth-order valence-corrected chi connectivity index (χ4v) is 3.00. The van der Waals surface area contributed by atoms with E-state index in [0.29, 0.717) is 12.1 Å². The molecule has 0 radical (unpaired) electrons. The van der Waals surface area contributed by atoms with Gasteiger partial charge in [-0.1, -0.05) is 12.2 Å². The van der Waals surface area contributed by atoms with Crippen LogP contribution in [-0.4, -0.2) is 21.2 Å². The molecule has 0 aromatic heterocycles. The third kappa shape index (κ3) is 1.90. The summed E-state index contributed by atoms with van der Waals surface area (Å²) in [4.78, 5) is 13.4. The first kappa shape index (κ1) is 12.2. The number of hydrogen-bond acceptors (Lipinski definition) is 4. The number of hydrogen-bond donors (Lipinski definition) is 0. The van der Waals surface area contributed by atoms with Gasteiger partial charge in [0.2, 0.25) is 5.91 Å². The van der Waals surface area contributed by atoms with Crippen molar-refractivity contribution in [3.05, 3.63) is 10.6 Å². The van der Waals surface area contributed by atoms with Gasteiger partial charge in [-0.3, -0.25) is 9.69 Å². The molecule has 2 heterocycles. The smallest absolute Gasteiger partial charge is 0.863 e. The molecular formula is C7H6KNO2S2. The number of amides is 1. The second kappa shape index (κ2) is 4.30. The summed E-state index contributed by atoms with van der Waals surface area (Å²) in [6.45, 7) is 1.83. The number of nitrogens with zero attached hydrogens (tertiary/aromatic N) is 1. The Morgan fingerprint density at radius 2 is 2.38 bits per heavy atom. The first-order valence-corrected chi connectivity index (χ1v) is 4.81. The van der Waals surface area contributed by atoms with Crippen molar-refractivity contribution in [1.29, 1.82) is 0 Å². The molecule has 0 saturated carbocycles. The summed E-state index contributed by atoms with van der Waals surface area (Å²) < 4.78 is 0. The predicted octanol–water partition coefficient (Wildman–Crippen LogP) is -2.79. The Hall–Kier alpha value is 1.09. The fourth-order valence-electron chi connectivity index (χ4n) is 1.42. The predicted molar refractivity (Wildman–Crippen MR) is 48.1 cm³/mol. The number of thiocarbonyl (C=S) groups is 1. The van der Waals surface area contributed by atoms with Crippen LogP contribution in [0.5, 0.6) is 0 Å². The van der Waals surface area contributed by atoms with E-state index in [1.807, 2.05) is 6.92 Å². The quantitative estimate of drug-likeness (QED) is 0.282. The van der Waals surface area contributed by atoms with Crippen molar-refractivity contribution in [1.82, 2.24) is 4.90 Å². The Balaban J connectivity index is 0.000000845. The molecular weight excluding hydrogens is 233 g/mol. The van der Waals surface area contributed by atoms with Gasteiger partial charge in [0.1, 0.15) is 0 Å². The minimum Gasteiger partial charge on any atom is -0.863 e. The molecule has 13 heavy (non-hydrogen) atoms. The standard InChI is InChI=1S/C7H7NO2S2.K/c1-3-6(7(10)11)8-4(9)2-5(8)12-3;/h5H,2H2,1H3,(H,10,11);/q;+1/p-1/t5-;/m1./s1. The molecule has 0 aromatic rings. The third-order valence-electron chi connectivity index (χ3n) is 1.99. The Labute approximate surface area is 128 Å². The summed E-state index contributed by atoms with van der Waals surface area (Å²) in [5.41, 5.74) is 0.427. The van der Waals surface area contributed by atoms with Gasteiger partial charge >= 0.3 is 51.4 Å². The van der Waals surface area contributed by atoms with E-state index < -0.39 is 5.05 Å². The maximum absolute atomic E-state index is 11.1. The summed E-state index contributed by atoms with van der Waals surface area (Å²) in [5, 5.41) is 10.7. The van der Waals surface area contributed by atoms with Gasteiger partial charge in [-0.05, 0) is 12.0 Å². The maximum Gasteiger partial charge on any atom is 1.00 e. The molecule has 2 aliphatic heterocycles. The number of carbonyl (C=O) groups excluding carboxylic acids is 1.